The van der Waals surface area contributed by atoms with E-state index in [1.165, 1.54) is 0 Å². The van der Waals surface area contributed by atoms with Crippen LogP contribution in [0, 0.1) is 5.92 Å². The van der Waals surface area contributed by atoms with Crippen molar-refractivity contribution in [2.45, 2.75) is 19.4 Å². The van der Waals surface area contributed by atoms with Gasteiger partial charge < -0.3 is 14.6 Å². The third-order valence-electron chi connectivity index (χ3n) is 3.81. The van der Waals surface area contributed by atoms with Gasteiger partial charge in [0.25, 0.3) is 0 Å². The number of piperidine rings is 1. The Labute approximate surface area is 128 Å². The van der Waals surface area contributed by atoms with Gasteiger partial charge in [0.15, 0.2) is 0 Å². The van der Waals surface area contributed by atoms with Gasteiger partial charge in [0.05, 0.1) is 18.7 Å². The Bertz CT molecular complexity index is 453. The summed E-state index contributed by atoms with van der Waals surface area (Å²) in [4.78, 5) is 2.38. The minimum absolute atomic E-state index is 0.278. The zero-order valence-electron chi connectivity index (χ0n) is 12.1. The highest BCUT2D eigenvalue weighted by molar-refractivity contribution is 9.10. The number of likely N-dealkylation sites (tertiary alicyclic amines) is 1. The van der Waals surface area contributed by atoms with Crippen molar-refractivity contribution in [2.75, 3.05) is 33.9 Å². The maximum atomic E-state index is 9.31. The van der Waals surface area contributed by atoms with Crippen molar-refractivity contribution in [1.82, 2.24) is 4.90 Å². The molecular formula is C15H22BrNO3. The van der Waals surface area contributed by atoms with Crippen molar-refractivity contribution in [3.05, 3.63) is 22.2 Å². The number of aliphatic hydroxyl groups is 1. The van der Waals surface area contributed by atoms with Crippen LogP contribution in [0.15, 0.2) is 16.6 Å². The van der Waals surface area contributed by atoms with Crippen molar-refractivity contribution in [3.8, 4) is 11.5 Å². The maximum Gasteiger partial charge on any atom is 0.136 e. The lowest BCUT2D eigenvalue weighted by molar-refractivity contribution is 0.115. The van der Waals surface area contributed by atoms with Gasteiger partial charge in [0.1, 0.15) is 11.5 Å². The molecule has 1 saturated heterocycles. The molecule has 0 radical (unpaired) electrons. The van der Waals surface area contributed by atoms with Crippen molar-refractivity contribution >= 4 is 15.9 Å². The van der Waals surface area contributed by atoms with Crippen molar-refractivity contribution in [3.63, 3.8) is 0 Å². The average molecular weight is 344 g/mol. The Kier molecular flexibility index (Phi) is 5.69. The average Bonchev–Trinajstić information content (AvgIpc) is 2.48. The molecule has 1 fully saturated rings. The highest BCUT2D eigenvalue weighted by atomic mass is 79.9. The monoisotopic (exact) mass is 343 g/mol. The number of ether oxygens (including phenoxy) is 2. The van der Waals surface area contributed by atoms with Crippen LogP contribution in [0.25, 0.3) is 0 Å². The van der Waals surface area contributed by atoms with E-state index in [2.05, 4.69) is 26.9 Å². The van der Waals surface area contributed by atoms with Crippen LogP contribution in [0.1, 0.15) is 18.4 Å². The minimum Gasteiger partial charge on any atom is -0.496 e. The largest absolute Gasteiger partial charge is 0.496 e. The second-order valence-electron chi connectivity index (χ2n) is 5.22. The first-order chi connectivity index (χ1) is 9.67. The predicted octanol–water partition coefficient (Wildman–Crippen LogP) is 2.67. The Morgan fingerprint density at radius 3 is 2.70 bits per heavy atom. The van der Waals surface area contributed by atoms with Crippen LogP contribution < -0.4 is 9.47 Å². The summed E-state index contributed by atoms with van der Waals surface area (Å²) >= 11 is 3.52. The molecule has 1 heterocycles. The summed E-state index contributed by atoms with van der Waals surface area (Å²) < 4.78 is 11.7. The molecule has 112 valence electrons. The smallest absolute Gasteiger partial charge is 0.136 e. The van der Waals surface area contributed by atoms with E-state index in [1.54, 1.807) is 14.2 Å². The number of rotatable bonds is 5. The number of methoxy groups -OCH3 is 2. The summed E-state index contributed by atoms with van der Waals surface area (Å²) in [6, 6.07) is 3.97. The Hall–Kier alpha value is -0.780. The molecule has 0 spiro atoms. The summed E-state index contributed by atoms with van der Waals surface area (Å²) in [6.07, 6.45) is 2.27. The van der Waals surface area contributed by atoms with Gasteiger partial charge in [-0.3, -0.25) is 4.90 Å². The number of benzene rings is 1. The quantitative estimate of drug-likeness (QED) is 0.892. The Morgan fingerprint density at radius 1 is 1.30 bits per heavy atom. The number of hydrogen-bond acceptors (Lipinski definition) is 4. The summed E-state index contributed by atoms with van der Waals surface area (Å²) in [5.74, 6) is 2.02. The summed E-state index contributed by atoms with van der Waals surface area (Å²) in [5.41, 5.74) is 1.14. The van der Waals surface area contributed by atoms with Crippen molar-refractivity contribution in [2.24, 2.45) is 5.92 Å². The van der Waals surface area contributed by atoms with Gasteiger partial charge >= 0.3 is 0 Å². The molecule has 1 aliphatic heterocycles. The fourth-order valence-corrected chi connectivity index (χ4v) is 3.28. The minimum atomic E-state index is 0.278. The fourth-order valence-electron chi connectivity index (χ4n) is 2.73. The van der Waals surface area contributed by atoms with Gasteiger partial charge in [0, 0.05) is 31.3 Å². The Balaban J connectivity index is 2.13. The second kappa shape index (κ2) is 7.29. The lowest BCUT2D eigenvalue weighted by Gasteiger charge is -2.32. The van der Waals surface area contributed by atoms with E-state index in [9.17, 15) is 5.11 Å². The van der Waals surface area contributed by atoms with E-state index in [0.717, 1.165) is 54.0 Å². The summed E-state index contributed by atoms with van der Waals surface area (Å²) in [5, 5.41) is 9.31. The molecule has 20 heavy (non-hydrogen) atoms. The molecule has 0 aromatic heterocycles. The van der Waals surface area contributed by atoms with E-state index in [-0.39, 0.29) is 6.61 Å². The highest BCUT2D eigenvalue weighted by Crippen LogP contribution is 2.34. The second-order valence-corrected chi connectivity index (χ2v) is 6.08. The molecule has 0 saturated carbocycles. The van der Waals surface area contributed by atoms with Crippen LogP contribution in [0.3, 0.4) is 0 Å². The standard InChI is InChI=1S/C15H22BrNO3/c1-19-14-7-15(20-2)13(16)6-12(14)9-17-5-3-4-11(8-17)10-18/h6-7,11,18H,3-5,8-10H2,1-2H3. The maximum absolute atomic E-state index is 9.31. The van der Waals surface area contributed by atoms with Gasteiger partial charge in [-0.05, 0) is 47.3 Å². The molecular weight excluding hydrogens is 322 g/mol. The molecule has 1 aliphatic rings. The molecule has 0 aliphatic carbocycles. The zero-order valence-corrected chi connectivity index (χ0v) is 13.6. The number of aliphatic hydroxyl groups excluding tert-OH is 1. The van der Waals surface area contributed by atoms with Crippen molar-refractivity contribution in [1.29, 1.82) is 0 Å². The molecule has 1 unspecified atom stereocenters. The summed E-state index contributed by atoms with van der Waals surface area (Å²) in [7, 11) is 3.33. The predicted molar refractivity (Wildman–Crippen MR) is 82.3 cm³/mol. The molecule has 1 aromatic carbocycles. The van der Waals surface area contributed by atoms with Crippen LogP contribution in [-0.2, 0) is 6.54 Å². The van der Waals surface area contributed by atoms with Crippen LogP contribution in [0.2, 0.25) is 0 Å². The van der Waals surface area contributed by atoms with Crippen molar-refractivity contribution < 1.29 is 14.6 Å². The van der Waals surface area contributed by atoms with Gasteiger partial charge in [-0.15, -0.1) is 0 Å². The van der Waals surface area contributed by atoms with Crippen LogP contribution in [-0.4, -0.2) is 43.9 Å². The first-order valence-electron chi connectivity index (χ1n) is 6.91. The first kappa shape index (κ1) is 15.6. The van der Waals surface area contributed by atoms with Crippen LogP contribution in [0.4, 0.5) is 0 Å². The van der Waals surface area contributed by atoms with Gasteiger partial charge in [-0.25, -0.2) is 0 Å². The lowest BCUT2D eigenvalue weighted by atomic mass is 9.98. The molecule has 0 bridgehead atoms. The van der Waals surface area contributed by atoms with E-state index in [1.807, 2.05) is 6.07 Å². The highest BCUT2D eigenvalue weighted by Gasteiger charge is 2.20. The normalized spacial score (nSPS) is 19.9. The number of nitrogens with zero attached hydrogens (tertiary/aromatic N) is 1. The van der Waals surface area contributed by atoms with Gasteiger partial charge in [-0.2, -0.15) is 0 Å². The lowest BCUT2D eigenvalue weighted by Crippen LogP contribution is -2.36. The molecule has 4 nitrogen and oxygen atoms in total. The van der Waals surface area contributed by atoms with Gasteiger partial charge in [0.2, 0.25) is 0 Å². The first-order valence-corrected chi connectivity index (χ1v) is 7.70. The molecule has 1 aromatic rings. The van der Waals surface area contributed by atoms with Crippen LogP contribution in [0.5, 0.6) is 11.5 Å². The number of halogens is 1. The summed E-state index contributed by atoms with van der Waals surface area (Å²) in [6.45, 7) is 3.13. The van der Waals surface area contributed by atoms with Gasteiger partial charge in [-0.1, -0.05) is 0 Å². The topological polar surface area (TPSA) is 41.9 Å². The zero-order chi connectivity index (χ0) is 14.5. The molecule has 1 N–H and O–H groups in total. The molecule has 2 rings (SSSR count). The number of hydrogen-bond donors (Lipinski definition) is 1. The van der Waals surface area contributed by atoms with E-state index < -0.39 is 0 Å². The molecule has 1 atom stereocenters. The SMILES string of the molecule is COc1cc(OC)c(CN2CCCC(CO)C2)cc1Br. The van der Waals surface area contributed by atoms with E-state index >= 15 is 0 Å². The van der Waals surface area contributed by atoms with Crippen LogP contribution >= 0.6 is 15.9 Å². The van der Waals surface area contributed by atoms with E-state index in [0.29, 0.717) is 5.92 Å². The molecule has 5 heteroatoms. The fraction of sp³-hybridized carbons (Fsp3) is 0.600. The third-order valence-corrected chi connectivity index (χ3v) is 4.43. The molecule has 0 amide bonds. The van der Waals surface area contributed by atoms with E-state index in [4.69, 9.17) is 9.47 Å². The third kappa shape index (κ3) is 3.65. The Morgan fingerprint density at radius 2 is 2.05 bits per heavy atom.